The van der Waals surface area contributed by atoms with Gasteiger partial charge in [-0.1, -0.05) is 0 Å². The first-order valence-corrected chi connectivity index (χ1v) is 5.93. The van der Waals surface area contributed by atoms with Crippen LogP contribution in [-0.4, -0.2) is 28.4 Å². The van der Waals surface area contributed by atoms with Gasteiger partial charge in [0.25, 0.3) is 0 Å². The van der Waals surface area contributed by atoms with Gasteiger partial charge in [-0.05, 0) is 13.8 Å². The van der Waals surface area contributed by atoms with Gasteiger partial charge in [0.1, 0.15) is 0 Å². The number of aromatic nitrogens is 1. The maximum atomic E-state index is 11.6. The zero-order valence-electron chi connectivity index (χ0n) is 8.93. The summed E-state index contributed by atoms with van der Waals surface area (Å²) in [6.45, 7) is 4.62. The van der Waals surface area contributed by atoms with E-state index in [4.69, 9.17) is 5.73 Å². The Hall–Kier alpha value is -0.940. The van der Waals surface area contributed by atoms with Crippen molar-refractivity contribution < 1.29 is 4.79 Å². The Kier molecular flexibility index (Phi) is 2.75. The molecule has 1 aliphatic rings. The van der Waals surface area contributed by atoms with Crippen LogP contribution < -0.4 is 5.73 Å². The highest BCUT2D eigenvalue weighted by atomic mass is 32.1. The molecular weight excluding hydrogens is 210 g/mol. The summed E-state index contributed by atoms with van der Waals surface area (Å²) in [4.78, 5) is 17.8. The monoisotopic (exact) mass is 225 g/mol. The smallest absolute Gasteiger partial charge is 0.224 e. The van der Waals surface area contributed by atoms with Gasteiger partial charge in [-0.2, -0.15) is 0 Å². The molecule has 0 radical (unpaired) electrons. The summed E-state index contributed by atoms with van der Waals surface area (Å²) < 4.78 is 0. The third kappa shape index (κ3) is 2.03. The van der Waals surface area contributed by atoms with Crippen LogP contribution in [0.5, 0.6) is 0 Å². The zero-order valence-corrected chi connectivity index (χ0v) is 9.75. The standard InChI is InChI=1S/C10H15N3OS/c1-6(9-5-15-7(2)12-9)13-4-8(11)3-10(13)14/h5-6,8H,3-4,11H2,1-2H3. The SMILES string of the molecule is Cc1nc(C(C)N2CC(N)CC2=O)cs1. The second kappa shape index (κ2) is 3.90. The van der Waals surface area contributed by atoms with Crippen LogP contribution in [0.3, 0.4) is 0 Å². The van der Waals surface area contributed by atoms with Gasteiger partial charge in [0.15, 0.2) is 0 Å². The van der Waals surface area contributed by atoms with Gasteiger partial charge in [-0.15, -0.1) is 11.3 Å². The highest BCUT2D eigenvalue weighted by Crippen LogP contribution is 2.25. The van der Waals surface area contributed by atoms with Crippen molar-refractivity contribution in [2.24, 2.45) is 5.73 Å². The van der Waals surface area contributed by atoms with Crippen molar-refractivity contribution >= 4 is 17.2 Å². The fourth-order valence-corrected chi connectivity index (χ4v) is 2.57. The normalized spacial score (nSPS) is 23.5. The van der Waals surface area contributed by atoms with Gasteiger partial charge < -0.3 is 10.6 Å². The third-order valence-electron chi connectivity index (χ3n) is 2.72. The van der Waals surface area contributed by atoms with E-state index in [0.717, 1.165) is 10.7 Å². The van der Waals surface area contributed by atoms with Crippen molar-refractivity contribution in [2.75, 3.05) is 6.54 Å². The van der Waals surface area contributed by atoms with Gasteiger partial charge in [0.2, 0.25) is 5.91 Å². The molecule has 1 aromatic heterocycles. The molecule has 2 rings (SSSR count). The van der Waals surface area contributed by atoms with E-state index < -0.39 is 0 Å². The van der Waals surface area contributed by atoms with E-state index in [1.807, 2.05) is 24.1 Å². The average molecular weight is 225 g/mol. The Balaban J connectivity index is 2.14. The van der Waals surface area contributed by atoms with Gasteiger partial charge in [0, 0.05) is 24.4 Å². The van der Waals surface area contributed by atoms with Gasteiger partial charge in [-0.25, -0.2) is 4.98 Å². The molecular formula is C10H15N3OS. The molecule has 1 amide bonds. The van der Waals surface area contributed by atoms with E-state index in [0.29, 0.717) is 13.0 Å². The van der Waals surface area contributed by atoms with Crippen molar-refractivity contribution in [2.45, 2.75) is 32.4 Å². The number of amides is 1. The van der Waals surface area contributed by atoms with E-state index in [1.165, 1.54) is 0 Å². The van der Waals surface area contributed by atoms with Crippen LogP contribution in [0.1, 0.15) is 30.1 Å². The van der Waals surface area contributed by atoms with Crippen molar-refractivity contribution in [3.63, 3.8) is 0 Å². The molecule has 2 atom stereocenters. The van der Waals surface area contributed by atoms with Crippen LogP contribution in [0.4, 0.5) is 0 Å². The molecule has 0 bridgehead atoms. The van der Waals surface area contributed by atoms with E-state index in [9.17, 15) is 4.79 Å². The molecule has 1 aliphatic heterocycles. The number of carbonyl (C=O) groups excluding carboxylic acids is 1. The summed E-state index contributed by atoms with van der Waals surface area (Å²) in [6.07, 6.45) is 0.466. The summed E-state index contributed by atoms with van der Waals surface area (Å²) in [5, 5.41) is 3.05. The molecule has 1 aromatic rings. The zero-order chi connectivity index (χ0) is 11.0. The molecule has 1 fully saturated rings. The number of hydrogen-bond donors (Lipinski definition) is 1. The first-order valence-electron chi connectivity index (χ1n) is 5.05. The Morgan fingerprint density at radius 2 is 2.47 bits per heavy atom. The predicted molar refractivity (Wildman–Crippen MR) is 59.6 cm³/mol. The maximum absolute atomic E-state index is 11.6. The molecule has 1 saturated heterocycles. The fraction of sp³-hybridized carbons (Fsp3) is 0.600. The molecule has 0 saturated carbocycles. The number of nitrogens with zero attached hydrogens (tertiary/aromatic N) is 2. The first-order chi connectivity index (χ1) is 7.08. The molecule has 2 unspecified atom stereocenters. The number of thiazole rings is 1. The van der Waals surface area contributed by atoms with Crippen molar-refractivity contribution in [1.82, 2.24) is 9.88 Å². The highest BCUT2D eigenvalue weighted by molar-refractivity contribution is 7.09. The Labute approximate surface area is 93.1 Å². The molecule has 82 valence electrons. The quantitative estimate of drug-likeness (QED) is 0.819. The number of rotatable bonds is 2. The second-order valence-electron chi connectivity index (χ2n) is 3.98. The highest BCUT2D eigenvalue weighted by Gasteiger charge is 2.31. The molecule has 2 N–H and O–H groups in total. The lowest BCUT2D eigenvalue weighted by atomic mass is 10.2. The Morgan fingerprint density at radius 1 is 1.73 bits per heavy atom. The minimum Gasteiger partial charge on any atom is -0.333 e. The minimum absolute atomic E-state index is 0.0142. The summed E-state index contributed by atoms with van der Waals surface area (Å²) in [6, 6.07) is 0.0377. The van der Waals surface area contributed by atoms with Crippen molar-refractivity contribution in [3.05, 3.63) is 16.1 Å². The topological polar surface area (TPSA) is 59.2 Å². The number of aryl methyl sites for hydroxylation is 1. The molecule has 5 heteroatoms. The number of likely N-dealkylation sites (tertiary alicyclic amines) is 1. The number of nitrogens with two attached hydrogens (primary N) is 1. The van der Waals surface area contributed by atoms with Crippen molar-refractivity contribution in [1.29, 1.82) is 0 Å². The van der Waals surface area contributed by atoms with Crippen molar-refractivity contribution in [3.8, 4) is 0 Å². The Morgan fingerprint density at radius 3 is 2.93 bits per heavy atom. The first kappa shape index (κ1) is 10.6. The van der Waals surface area contributed by atoms with Crippen LogP contribution in [0.2, 0.25) is 0 Å². The summed E-state index contributed by atoms with van der Waals surface area (Å²) in [5.74, 6) is 0.139. The van der Waals surface area contributed by atoms with E-state index in [-0.39, 0.29) is 18.0 Å². The van der Waals surface area contributed by atoms with E-state index >= 15 is 0 Å². The largest absolute Gasteiger partial charge is 0.333 e. The molecule has 0 aromatic carbocycles. The molecule has 0 spiro atoms. The Bertz CT molecular complexity index is 376. The fourth-order valence-electron chi connectivity index (χ4n) is 1.87. The van der Waals surface area contributed by atoms with Crippen LogP contribution >= 0.6 is 11.3 Å². The van der Waals surface area contributed by atoms with E-state index in [1.54, 1.807) is 11.3 Å². The lowest BCUT2D eigenvalue weighted by molar-refractivity contribution is -0.129. The minimum atomic E-state index is -0.0142. The molecule has 2 heterocycles. The van der Waals surface area contributed by atoms with Crippen LogP contribution in [-0.2, 0) is 4.79 Å². The van der Waals surface area contributed by atoms with Crippen LogP contribution in [0, 0.1) is 6.92 Å². The lowest BCUT2D eigenvalue weighted by Crippen LogP contribution is -2.31. The molecule has 4 nitrogen and oxygen atoms in total. The molecule has 15 heavy (non-hydrogen) atoms. The van der Waals surface area contributed by atoms with Gasteiger partial charge in [0.05, 0.1) is 16.7 Å². The summed E-state index contributed by atoms with van der Waals surface area (Å²) in [7, 11) is 0. The van der Waals surface area contributed by atoms with Crippen LogP contribution in [0.15, 0.2) is 5.38 Å². The van der Waals surface area contributed by atoms with E-state index in [2.05, 4.69) is 4.98 Å². The van der Waals surface area contributed by atoms with Gasteiger partial charge >= 0.3 is 0 Å². The van der Waals surface area contributed by atoms with Crippen LogP contribution in [0.25, 0.3) is 0 Å². The predicted octanol–water partition coefficient (Wildman–Crippen LogP) is 1.07. The average Bonchev–Trinajstić information content (AvgIpc) is 2.71. The second-order valence-corrected chi connectivity index (χ2v) is 5.04. The summed E-state index contributed by atoms with van der Waals surface area (Å²) >= 11 is 1.61. The number of carbonyl (C=O) groups is 1. The third-order valence-corrected chi connectivity index (χ3v) is 3.51. The number of hydrogen-bond acceptors (Lipinski definition) is 4. The van der Waals surface area contributed by atoms with Gasteiger partial charge in [-0.3, -0.25) is 4.79 Å². The summed E-state index contributed by atoms with van der Waals surface area (Å²) in [5.41, 5.74) is 6.73. The lowest BCUT2D eigenvalue weighted by Gasteiger charge is -2.22. The maximum Gasteiger partial charge on any atom is 0.224 e. The molecule has 0 aliphatic carbocycles.